The van der Waals surface area contributed by atoms with Gasteiger partial charge in [-0.2, -0.15) is 0 Å². The third kappa shape index (κ3) is 5.87. The molecule has 15 heavy (non-hydrogen) atoms. The van der Waals surface area contributed by atoms with Crippen LogP contribution in [0.2, 0.25) is 0 Å². The van der Waals surface area contributed by atoms with Gasteiger partial charge in [0.2, 0.25) is 0 Å². The number of allylic oxidation sites excluding steroid dienone is 3. The van der Waals surface area contributed by atoms with E-state index in [1.54, 1.807) is 6.08 Å². The van der Waals surface area contributed by atoms with Crippen LogP contribution in [0.4, 0.5) is 0 Å². The highest BCUT2D eigenvalue weighted by atomic mass is 16.2. The molecule has 1 N–H and O–H groups in total. The maximum Gasteiger partial charge on any atom is 0.0615 e. The van der Waals surface area contributed by atoms with E-state index in [0.29, 0.717) is 0 Å². The van der Waals surface area contributed by atoms with Crippen LogP contribution in [0, 0.1) is 0 Å². The van der Waals surface area contributed by atoms with Crippen LogP contribution < -0.4 is 0 Å². The lowest BCUT2D eigenvalue weighted by Gasteiger charge is -1.97. The fourth-order valence-electron chi connectivity index (χ4n) is 1.38. The molecule has 0 atom stereocenters. The SMILES string of the molecule is OCC=CC=CCCCc1ccccc1. The van der Waals surface area contributed by atoms with Gasteiger partial charge in [0.05, 0.1) is 6.61 Å². The summed E-state index contributed by atoms with van der Waals surface area (Å²) in [6, 6.07) is 10.5. The second-order valence-electron chi connectivity index (χ2n) is 3.42. The summed E-state index contributed by atoms with van der Waals surface area (Å²) >= 11 is 0. The van der Waals surface area contributed by atoms with Gasteiger partial charge >= 0.3 is 0 Å². The summed E-state index contributed by atoms with van der Waals surface area (Å²) in [4.78, 5) is 0. The number of benzene rings is 1. The van der Waals surface area contributed by atoms with Gasteiger partial charge in [0, 0.05) is 0 Å². The minimum atomic E-state index is 0.119. The fraction of sp³-hybridized carbons (Fsp3) is 0.286. The minimum Gasteiger partial charge on any atom is -0.392 e. The van der Waals surface area contributed by atoms with E-state index < -0.39 is 0 Å². The highest BCUT2D eigenvalue weighted by Gasteiger charge is 1.88. The van der Waals surface area contributed by atoms with Gasteiger partial charge in [-0.15, -0.1) is 0 Å². The minimum absolute atomic E-state index is 0.119. The Morgan fingerprint density at radius 1 is 1.00 bits per heavy atom. The van der Waals surface area contributed by atoms with E-state index in [1.807, 2.05) is 18.2 Å². The van der Waals surface area contributed by atoms with Crippen LogP contribution >= 0.6 is 0 Å². The van der Waals surface area contributed by atoms with E-state index in [1.165, 1.54) is 12.0 Å². The Morgan fingerprint density at radius 3 is 2.47 bits per heavy atom. The monoisotopic (exact) mass is 202 g/mol. The maximum atomic E-state index is 8.50. The molecule has 1 heteroatoms. The first kappa shape index (κ1) is 11.7. The standard InChI is InChI=1S/C14H18O/c15-13-9-4-2-1-3-6-10-14-11-7-5-8-12-14/h1-2,4-5,7-9,11-12,15H,3,6,10,13H2. The summed E-state index contributed by atoms with van der Waals surface area (Å²) in [6.45, 7) is 0.119. The second-order valence-corrected chi connectivity index (χ2v) is 3.42. The van der Waals surface area contributed by atoms with E-state index in [2.05, 4.69) is 30.3 Å². The van der Waals surface area contributed by atoms with E-state index in [4.69, 9.17) is 5.11 Å². The number of aryl methyl sites for hydroxylation is 1. The van der Waals surface area contributed by atoms with Crippen molar-refractivity contribution in [3.8, 4) is 0 Å². The molecule has 0 radical (unpaired) electrons. The molecule has 0 aliphatic carbocycles. The van der Waals surface area contributed by atoms with Crippen LogP contribution in [0.5, 0.6) is 0 Å². The largest absolute Gasteiger partial charge is 0.392 e. The summed E-state index contributed by atoms with van der Waals surface area (Å²) in [5.74, 6) is 0. The molecule has 0 bridgehead atoms. The zero-order valence-corrected chi connectivity index (χ0v) is 8.97. The van der Waals surface area contributed by atoms with Crippen molar-refractivity contribution < 1.29 is 5.11 Å². The van der Waals surface area contributed by atoms with E-state index >= 15 is 0 Å². The van der Waals surface area contributed by atoms with Gasteiger partial charge in [-0.05, 0) is 24.8 Å². The van der Waals surface area contributed by atoms with Crippen LogP contribution in [0.1, 0.15) is 18.4 Å². The molecule has 1 aromatic carbocycles. The Bertz CT molecular complexity index is 298. The quantitative estimate of drug-likeness (QED) is 0.555. The number of rotatable bonds is 6. The summed E-state index contributed by atoms with van der Waals surface area (Å²) in [5.41, 5.74) is 1.40. The van der Waals surface area contributed by atoms with Crippen LogP contribution in [0.3, 0.4) is 0 Å². The summed E-state index contributed by atoms with van der Waals surface area (Å²) in [6.07, 6.45) is 11.1. The maximum absolute atomic E-state index is 8.50. The lowest BCUT2D eigenvalue weighted by atomic mass is 10.1. The molecule has 0 saturated carbocycles. The highest BCUT2D eigenvalue weighted by molar-refractivity contribution is 5.14. The molecular weight excluding hydrogens is 184 g/mol. The Labute approximate surface area is 91.8 Å². The summed E-state index contributed by atoms with van der Waals surface area (Å²) in [7, 11) is 0. The first-order valence-corrected chi connectivity index (χ1v) is 5.40. The molecule has 80 valence electrons. The molecule has 1 rings (SSSR count). The van der Waals surface area contributed by atoms with Crippen molar-refractivity contribution in [2.24, 2.45) is 0 Å². The first-order chi connectivity index (χ1) is 7.43. The van der Waals surface area contributed by atoms with Crippen molar-refractivity contribution in [3.05, 3.63) is 60.2 Å². The molecular formula is C14H18O. The average Bonchev–Trinajstić information content (AvgIpc) is 2.29. The van der Waals surface area contributed by atoms with Crippen molar-refractivity contribution in [2.45, 2.75) is 19.3 Å². The topological polar surface area (TPSA) is 20.2 Å². The van der Waals surface area contributed by atoms with Gasteiger partial charge in [-0.1, -0.05) is 54.6 Å². The molecule has 0 unspecified atom stereocenters. The van der Waals surface area contributed by atoms with Gasteiger partial charge in [0.25, 0.3) is 0 Å². The predicted octanol–water partition coefficient (Wildman–Crippen LogP) is 3.11. The molecule has 0 aromatic heterocycles. The zero-order valence-electron chi connectivity index (χ0n) is 8.97. The average molecular weight is 202 g/mol. The normalized spacial score (nSPS) is 11.5. The van der Waals surface area contributed by atoms with Crippen LogP contribution in [-0.4, -0.2) is 11.7 Å². The smallest absolute Gasteiger partial charge is 0.0615 e. The van der Waals surface area contributed by atoms with Crippen molar-refractivity contribution in [3.63, 3.8) is 0 Å². The van der Waals surface area contributed by atoms with E-state index in [9.17, 15) is 0 Å². The summed E-state index contributed by atoms with van der Waals surface area (Å²) in [5, 5.41) is 8.50. The highest BCUT2D eigenvalue weighted by Crippen LogP contribution is 2.04. The van der Waals surface area contributed by atoms with Crippen LogP contribution in [0.15, 0.2) is 54.6 Å². The number of aliphatic hydroxyl groups is 1. The Morgan fingerprint density at radius 2 is 1.73 bits per heavy atom. The van der Waals surface area contributed by atoms with Crippen molar-refractivity contribution in [2.75, 3.05) is 6.61 Å². The molecule has 1 nitrogen and oxygen atoms in total. The van der Waals surface area contributed by atoms with Gasteiger partial charge in [0.15, 0.2) is 0 Å². The van der Waals surface area contributed by atoms with Crippen molar-refractivity contribution in [1.82, 2.24) is 0 Å². The number of aliphatic hydroxyl groups excluding tert-OH is 1. The zero-order chi connectivity index (χ0) is 10.8. The number of hydrogen-bond donors (Lipinski definition) is 1. The molecule has 1 aromatic rings. The lowest BCUT2D eigenvalue weighted by Crippen LogP contribution is -1.82. The molecule has 0 heterocycles. The second kappa shape index (κ2) is 8.01. The lowest BCUT2D eigenvalue weighted by molar-refractivity contribution is 0.343. The van der Waals surface area contributed by atoms with E-state index in [0.717, 1.165) is 12.8 Å². The van der Waals surface area contributed by atoms with E-state index in [-0.39, 0.29) is 6.61 Å². The Kier molecular flexibility index (Phi) is 6.26. The third-order valence-electron chi connectivity index (χ3n) is 2.17. The predicted molar refractivity (Wildman–Crippen MR) is 64.7 cm³/mol. The summed E-state index contributed by atoms with van der Waals surface area (Å²) < 4.78 is 0. The molecule has 0 aliphatic rings. The van der Waals surface area contributed by atoms with Gasteiger partial charge in [-0.3, -0.25) is 0 Å². The van der Waals surface area contributed by atoms with Crippen molar-refractivity contribution >= 4 is 0 Å². The molecule has 0 spiro atoms. The number of unbranched alkanes of at least 4 members (excludes halogenated alkanes) is 1. The van der Waals surface area contributed by atoms with Crippen LogP contribution in [-0.2, 0) is 6.42 Å². The Hall–Kier alpha value is -1.34. The Balaban J connectivity index is 2.12. The molecule has 0 fully saturated rings. The molecule has 0 aliphatic heterocycles. The van der Waals surface area contributed by atoms with Gasteiger partial charge < -0.3 is 5.11 Å². The third-order valence-corrected chi connectivity index (χ3v) is 2.17. The van der Waals surface area contributed by atoms with Crippen LogP contribution in [0.25, 0.3) is 0 Å². The van der Waals surface area contributed by atoms with Gasteiger partial charge in [0.1, 0.15) is 0 Å². The van der Waals surface area contributed by atoms with Crippen molar-refractivity contribution in [1.29, 1.82) is 0 Å². The van der Waals surface area contributed by atoms with Gasteiger partial charge in [-0.25, -0.2) is 0 Å². The number of hydrogen-bond acceptors (Lipinski definition) is 1. The molecule has 0 amide bonds. The fourth-order valence-corrected chi connectivity index (χ4v) is 1.38. The molecule has 0 saturated heterocycles. The first-order valence-electron chi connectivity index (χ1n) is 5.40.